The second kappa shape index (κ2) is 7.64. The summed E-state index contributed by atoms with van der Waals surface area (Å²) < 4.78 is 0. The molecule has 1 N–H and O–H groups in total. The third-order valence-electron chi connectivity index (χ3n) is 4.05. The highest BCUT2D eigenvalue weighted by atomic mass is 35.5. The van der Waals surface area contributed by atoms with Gasteiger partial charge in [-0.1, -0.05) is 29.3 Å². The second-order valence-corrected chi connectivity index (χ2v) is 6.86. The fourth-order valence-electron chi connectivity index (χ4n) is 2.90. The summed E-state index contributed by atoms with van der Waals surface area (Å²) in [5.74, 6) is 0.167. The highest BCUT2D eigenvalue weighted by Gasteiger charge is 2.28. The smallest absolute Gasteiger partial charge is 0.226 e. The van der Waals surface area contributed by atoms with Crippen LogP contribution in [-0.2, 0) is 4.79 Å². The number of β-amino-alcohol motifs (C(OH)–C–C–N with tert-alkyl or cyclic N) is 1. The Morgan fingerprint density at radius 3 is 2.82 bits per heavy atom. The van der Waals surface area contributed by atoms with Crippen molar-refractivity contribution in [1.82, 2.24) is 9.80 Å². The summed E-state index contributed by atoms with van der Waals surface area (Å²) in [6, 6.07) is 5.11. The van der Waals surface area contributed by atoms with E-state index < -0.39 is 6.10 Å². The molecule has 1 amide bonds. The maximum Gasteiger partial charge on any atom is 0.226 e. The summed E-state index contributed by atoms with van der Waals surface area (Å²) >= 11 is 12.0. The first kappa shape index (κ1) is 17.5. The van der Waals surface area contributed by atoms with Crippen molar-refractivity contribution in [2.24, 2.45) is 5.92 Å². The number of carbonyl (C=O) groups excluding carboxylic acids is 1. The lowest BCUT2D eigenvalue weighted by Crippen LogP contribution is -2.43. The van der Waals surface area contributed by atoms with Crippen LogP contribution in [0.1, 0.15) is 24.5 Å². The Morgan fingerprint density at radius 1 is 1.45 bits per heavy atom. The van der Waals surface area contributed by atoms with Crippen LogP contribution in [0.3, 0.4) is 0 Å². The lowest BCUT2D eigenvalue weighted by molar-refractivity contribution is -0.134. The van der Waals surface area contributed by atoms with E-state index in [1.807, 2.05) is 0 Å². The largest absolute Gasteiger partial charge is 0.387 e. The van der Waals surface area contributed by atoms with E-state index in [0.717, 1.165) is 19.4 Å². The molecule has 2 rings (SSSR count). The maximum atomic E-state index is 12.1. The quantitative estimate of drug-likeness (QED) is 0.913. The van der Waals surface area contributed by atoms with Crippen LogP contribution < -0.4 is 0 Å². The van der Waals surface area contributed by atoms with Gasteiger partial charge < -0.3 is 10.0 Å². The van der Waals surface area contributed by atoms with Crippen molar-refractivity contribution in [1.29, 1.82) is 0 Å². The van der Waals surface area contributed by atoms with Gasteiger partial charge in [0.2, 0.25) is 5.91 Å². The molecule has 1 aromatic rings. The molecule has 1 fully saturated rings. The molecule has 2 atom stereocenters. The van der Waals surface area contributed by atoms with Gasteiger partial charge in [-0.05, 0) is 31.5 Å². The summed E-state index contributed by atoms with van der Waals surface area (Å²) in [7, 11) is 3.56. The summed E-state index contributed by atoms with van der Waals surface area (Å²) in [6.45, 7) is 2.04. The zero-order chi connectivity index (χ0) is 16.3. The second-order valence-electron chi connectivity index (χ2n) is 6.01. The van der Waals surface area contributed by atoms with Crippen LogP contribution in [0.5, 0.6) is 0 Å². The lowest BCUT2D eigenvalue weighted by atomic mass is 9.96. The van der Waals surface area contributed by atoms with Crippen molar-refractivity contribution in [3.63, 3.8) is 0 Å². The van der Waals surface area contributed by atoms with Gasteiger partial charge in [0.25, 0.3) is 0 Å². The first-order valence-electron chi connectivity index (χ1n) is 7.45. The Labute approximate surface area is 141 Å². The number of aliphatic hydroxyl groups is 1. The number of aliphatic hydroxyl groups excluding tert-OH is 1. The van der Waals surface area contributed by atoms with E-state index in [-0.39, 0.29) is 11.8 Å². The number of amides is 1. The maximum absolute atomic E-state index is 12.1. The molecule has 22 heavy (non-hydrogen) atoms. The van der Waals surface area contributed by atoms with Gasteiger partial charge in [-0.15, -0.1) is 0 Å². The van der Waals surface area contributed by atoms with Gasteiger partial charge in [-0.2, -0.15) is 0 Å². The number of carbonyl (C=O) groups is 1. The van der Waals surface area contributed by atoms with Crippen molar-refractivity contribution in [2.75, 3.05) is 33.7 Å². The van der Waals surface area contributed by atoms with Gasteiger partial charge in [0.15, 0.2) is 0 Å². The van der Waals surface area contributed by atoms with Crippen LogP contribution in [0.15, 0.2) is 18.2 Å². The first-order chi connectivity index (χ1) is 10.4. The minimum absolute atomic E-state index is 0.0108. The summed E-state index contributed by atoms with van der Waals surface area (Å²) in [5.41, 5.74) is 0.673. The number of likely N-dealkylation sites (tertiary alicyclic amines) is 1. The van der Waals surface area contributed by atoms with Gasteiger partial charge in [0.1, 0.15) is 0 Å². The van der Waals surface area contributed by atoms with Crippen LogP contribution in [0.4, 0.5) is 0 Å². The van der Waals surface area contributed by atoms with Crippen molar-refractivity contribution in [3.8, 4) is 0 Å². The SMILES string of the molecule is CN(C)C(=O)C1CCCN(CC(O)c2ccc(Cl)cc2Cl)C1. The van der Waals surface area contributed by atoms with Crippen molar-refractivity contribution in [3.05, 3.63) is 33.8 Å². The predicted molar refractivity (Wildman–Crippen MR) is 89.3 cm³/mol. The highest BCUT2D eigenvalue weighted by molar-refractivity contribution is 6.35. The number of hydrogen-bond acceptors (Lipinski definition) is 3. The van der Waals surface area contributed by atoms with E-state index in [4.69, 9.17) is 23.2 Å². The molecular formula is C16H22Cl2N2O2. The molecule has 2 unspecified atom stereocenters. The number of hydrogen-bond donors (Lipinski definition) is 1. The van der Waals surface area contributed by atoms with Crippen LogP contribution in [0, 0.1) is 5.92 Å². The number of benzene rings is 1. The summed E-state index contributed by atoms with van der Waals surface area (Å²) in [6.07, 6.45) is 1.19. The molecule has 0 aliphatic carbocycles. The van der Waals surface area contributed by atoms with Crippen molar-refractivity contribution in [2.45, 2.75) is 18.9 Å². The molecule has 0 saturated carbocycles. The minimum Gasteiger partial charge on any atom is -0.387 e. The molecule has 0 bridgehead atoms. The van der Waals surface area contributed by atoms with E-state index in [0.29, 0.717) is 28.7 Å². The Bertz CT molecular complexity index is 537. The van der Waals surface area contributed by atoms with Crippen molar-refractivity contribution < 1.29 is 9.90 Å². The zero-order valence-corrected chi connectivity index (χ0v) is 14.4. The molecule has 4 nitrogen and oxygen atoms in total. The van der Waals surface area contributed by atoms with Crippen LogP contribution in [-0.4, -0.2) is 54.5 Å². The Morgan fingerprint density at radius 2 is 2.18 bits per heavy atom. The van der Waals surface area contributed by atoms with E-state index in [1.54, 1.807) is 37.2 Å². The molecule has 1 aliphatic rings. The molecule has 0 radical (unpaired) electrons. The van der Waals surface area contributed by atoms with Gasteiger partial charge in [0.05, 0.1) is 12.0 Å². The highest BCUT2D eigenvalue weighted by Crippen LogP contribution is 2.28. The number of piperidine rings is 1. The molecule has 6 heteroatoms. The Hall–Kier alpha value is -0.810. The van der Waals surface area contributed by atoms with E-state index in [9.17, 15) is 9.90 Å². The molecule has 1 heterocycles. The average Bonchev–Trinajstić information content (AvgIpc) is 2.46. The molecule has 1 aromatic carbocycles. The molecule has 0 aromatic heterocycles. The molecule has 1 saturated heterocycles. The molecular weight excluding hydrogens is 323 g/mol. The predicted octanol–water partition coefficient (Wildman–Crippen LogP) is 2.83. The molecule has 122 valence electrons. The first-order valence-corrected chi connectivity index (χ1v) is 8.20. The van der Waals surface area contributed by atoms with E-state index in [1.165, 1.54) is 0 Å². The zero-order valence-electron chi connectivity index (χ0n) is 12.9. The van der Waals surface area contributed by atoms with Crippen LogP contribution in [0.2, 0.25) is 10.0 Å². The minimum atomic E-state index is -0.682. The lowest BCUT2D eigenvalue weighted by Gasteiger charge is -2.34. The Balaban J connectivity index is 1.99. The van der Waals surface area contributed by atoms with Gasteiger partial charge in [-0.25, -0.2) is 0 Å². The van der Waals surface area contributed by atoms with Gasteiger partial charge >= 0.3 is 0 Å². The Kier molecular flexibility index (Phi) is 6.09. The third-order valence-corrected chi connectivity index (χ3v) is 4.61. The molecule has 1 aliphatic heterocycles. The van der Waals surface area contributed by atoms with Crippen LogP contribution in [0.25, 0.3) is 0 Å². The summed E-state index contributed by atoms with van der Waals surface area (Å²) in [4.78, 5) is 15.9. The molecule has 0 spiro atoms. The monoisotopic (exact) mass is 344 g/mol. The standard InChI is InChI=1S/C16H22Cl2N2O2/c1-19(2)16(22)11-4-3-7-20(9-11)10-15(21)13-6-5-12(17)8-14(13)18/h5-6,8,11,15,21H,3-4,7,9-10H2,1-2H3. The normalized spacial score (nSPS) is 20.7. The van der Waals surface area contributed by atoms with Crippen LogP contribution >= 0.6 is 23.2 Å². The number of halogens is 2. The van der Waals surface area contributed by atoms with E-state index >= 15 is 0 Å². The van der Waals surface area contributed by atoms with Crippen molar-refractivity contribution >= 4 is 29.1 Å². The average molecular weight is 345 g/mol. The third kappa shape index (κ3) is 4.35. The number of rotatable bonds is 4. The number of nitrogens with zero attached hydrogens (tertiary/aromatic N) is 2. The topological polar surface area (TPSA) is 43.8 Å². The fraction of sp³-hybridized carbons (Fsp3) is 0.562. The van der Waals surface area contributed by atoms with Gasteiger partial charge in [0, 0.05) is 42.8 Å². The van der Waals surface area contributed by atoms with E-state index in [2.05, 4.69) is 4.90 Å². The summed E-state index contributed by atoms with van der Waals surface area (Å²) in [5, 5.41) is 11.4. The van der Waals surface area contributed by atoms with Gasteiger partial charge in [-0.3, -0.25) is 9.69 Å². The fourth-order valence-corrected chi connectivity index (χ4v) is 3.44.